The summed E-state index contributed by atoms with van der Waals surface area (Å²) in [5.41, 5.74) is 0.534. The fraction of sp³-hybridized carbons (Fsp3) is 0.727. The molecule has 1 aromatic rings. The third-order valence-electron chi connectivity index (χ3n) is 3.48. The first-order valence-corrected chi connectivity index (χ1v) is 5.99. The number of carbonyl (C=O) groups is 1. The zero-order valence-electron chi connectivity index (χ0n) is 10.0. The van der Waals surface area contributed by atoms with Gasteiger partial charge in [0, 0.05) is 13.1 Å². The van der Waals surface area contributed by atoms with Gasteiger partial charge >= 0.3 is 5.97 Å². The molecule has 1 saturated carbocycles. The van der Waals surface area contributed by atoms with Crippen molar-refractivity contribution in [1.82, 2.24) is 20.3 Å². The van der Waals surface area contributed by atoms with E-state index in [1.165, 1.54) is 25.5 Å². The highest BCUT2D eigenvalue weighted by Crippen LogP contribution is 2.47. The lowest BCUT2D eigenvalue weighted by Gasteiger charge is -2.12. The highest BCUT2D eigenvalue weighted by atomic mass is 16.4. The van der Waals surface area contributed by atoms with E-state index in [0.717, 1.165) is 13.1 Å². The molecule has 0 aromatic carbocycles. The van der Waals surface area contributed by atoms with Crippen LogP contribution in [-0.2, 0) is 6.54 Å². The van der Waals surface area contributed by atoms with Crippen molar-refractivity contribution in [2.24, 2.45) is 5.41 Å². The third-order valence-corrected chi connectivity index (χ3v) is 3.48. The Bertz CT molecular complexity index is 398. The van der Waals surface area contributed by atoms with Gasteiger partial charge in [-0.25, -0.2) is 4.79 Å². The molecule has 0 unspecified atom stereocenters. The van der Waals surface area contributed by atoms with E-state index in [-0.39, 0.29) is 5.69 Å². The van der Waals surface area contributed by atoms with Crippen LogP contribution in [0.15, 0.2) is 6.20 Å². The lowest BCUT2D eigenvalue weighted by molar-refractivity contribution is 0.0690. The Kier molecular flexibility index (Phi) is 3.42. The van der Waals surface area contributed by atoms with E-state index in [9.17, 15) is 4.79 Å². The summed E-state index contributed by atoms with van der Waals surface area (Å²) in [6.07, 6.45) is 5.33. The standard InChI is InChI=1S/C11H18N4O2/c1-2-11(3-4-11)8-12-5-6-15-7-9(10(16)17)13-14-15/h7,12H,2-6,8H2,1H3,(H,16,17). The minimum absolute atomic E-state index is 0.00257. The lowest BCUT2D eigenvalue weighted by atomic mass is 10.0. The molecule has 1 aliphatic carbocycles. The van der Waals surface area contributed by atoms with E-state index >= 15 is 0 Å². The van der Waals surface area contributed by atoms with Crippen LogP contribution in [0.2, 0.25) is 0 Å². The normalized spacial score (nSPS) is 17.0. The number of rotatable bonds is 7. The lowest BCUT2D eigenvalue weighted by Crippen LogP contribution is -2.27. The molecule has 1 aliphatic rings. The monoisotopic (exact) mass is 238 g/mol. The topological polar surface area (TPSA) is 80.0 Å². The van der Waals surface area contributed by atoms with Crippen LogP contribution < -0.4 is 5.32 Å². The Balaban J connectivity index is 1.69. The van der Waals surface area contributed by atoms with Gasteiger partial charge in [-0.1, -0.05) is 12.1 Å². The van der Waals surface area contributed by atoms with Crippen LogP contribution in [-0.4, -0.2) is 39.2 Å². The number of carboxylic acid groups (broad SMARTS) is 1. The van der Waals surface area contributed by atoms with Gasteiger partial charge in [0.2, 0.25) is 0 Å². The second kappa shape index (κ2) is 4.83. The quantitative estimate of drug-likeness (QED) is 0.685. The molecule has 94 valence electrons. The van der Waals surface area contributed by atoms with Gasteiger partial charge in [0.15, 0.2) is 5.69 Å². The SMILES string of the molecule is CCC1(CNCCn2cc(C(=O)O)nn2)CC1. The summed E-state index contributed by atoms with van der Waals surface area (Å²) < 4.78 is 1.56. The molecule has 0 saturated heterocycles. The van der Waals surface area contributed by atoms with Gasteiger partial charge in [-0.05, 0) is 24.7 Å². The summed E-state index contributed by atoms with van der Waals surface area (Å²) >= 11 is 0. The van der Waals surface area contributed by atoms with Crippen molar-refractivity contribution >= 4 is 5.97 Å². The number of hydrogen-bond acceptors (Lipinski definition) is 4. The van der Waals surface area contributed by atoms with Gasteiger partial charge in [0.1, 0.15) is 0 Å². The average molecular weight is 238 g/mol. The highest BCUT2D eigenvalue weighted by Gasteiger charge is 2.39. The molecule has 0 spiro atoms. The molecule has 0 amide bonds. The predicted octanol–water partition coefficient (Wildman–Crippen LogP) is 0.756. The molecule has 0 radical (unpaired) electrons. The first-order valence-electron chi connectivity index (χ1n) is 5.99. The molecule has 17 heavy (non-hydrogen) atoms. The van der Waals surface area contributed by atoms with Crippen LogP contribution in [0.4, 0.5) is 0 Å². The Morgan fingerprint density at radius 3 is 2.94 bits per heavy atom. The number of carboxylic acids is 1. The maximum Gasteiger partial charge on any atom is 0.358 e. The molecule has 2 rings (SSSR count). The second-order valence-corrected chi connectivity index (χ2v) is 4.70. The van der Waals surface area contributed by atoms with Gasteiger partial charge < -0.3 is 10.4 Å². The molecule has 1 fully saturated rings. The minimum Gasteiger partial charge on any atom is -0.476 e. The number of nitrogens with one attached hydrogen (secondary N) is 1. The van der Waals surface area contributed by atoms with E-state index in [2.05, 4.69) is 22.6 Å². The zero-order valence-corrected chi connectivity index (χ0v) is 10.0. The van der Waals surface area contributed by atoms with Crippen LogP contribution in [0.3, 0.4) is 0 Å². The Morgan fingerprint density at radius 2 is 2.41 bits per heavy atom. The molecule has 1 heterocycles. The largest absolute Gasteiger partial charge is 0.476 e. The zero-order chi connectivity index (χ0) is 12.3. The summed E-state index contributed by atoms with van der Waals surface area (Å²) in [6, 6.07) is 0. The van der Waals surface area contributed by atoms with Crippen LogP contribution in [0.5, 0.6) is 0 Å². The van der Waals surface area contributed by atoms with Crippen molar-refractivity contribution in [3.05, 3.63) is 11.9 Å². The van der Waals surface area contributed by atoms with E-state index in [4.69, 9.17) is 5.11 Å². The van der Waals surface area contributed by atoms with Crippen molar-refractivity contribution in [3.8, 4) is 0 Å². The molecule has 6 heteroatoms. The smallest absolute Gasteiger partial charge is 0.358 e. The molecule has 2 N–H and O–H groups in total. The average Bonchev–Trinajstić information content (AvgIpc) is 2.94. The maximum atomic E-state index is 10.6. The molecule has 0 atom stereocenters. The van der Waals surface area contributed by atoms with Crippen molar-refractivity contribution in [3.63, 3.8) is 0 Å². The third kappa shape index (κ3) is 3.03. The fourth-order valence-corrected chi connectivity index (χ4v) is 1.88. The van der Waals surface area contributed by atoms with E-state index in [1.807, 2.05) is 0 Å². The molecular weight excluding hydrogens is 220 g/mol. The van der Waals surface area contributed by atoms with Gasteiger partial charge in [0.25, 0.3) is 0 Å². The second-order valence-electron chi connectivity index (χ2n) is 4.70. The molecular formula is C11H18N4O2. The predicted molar refractivity (Wildman–Crippen MR) is 61.8 cm³/mol. The number of nitrogens with zero attached hydrogens (tertiary/aromatic N) is 3. The summed E-state index contributed by atoms with van der Waals surface area (Å²) in [7, 11) is 0. The summed E-state index contributed by atoms with van der Waals surface area (Å²) in [4.78, 5) is 10.6. The maximum absolute atomic E-state index is 10.6. The van der Waals surface area contributed by atoms with Crippen LogP contribution in [0, 0.1) is 5.41 Å². The number of hydrogen-bond donors (Lipinski definition) is 2. The summed E-state index contributed by atoms with van der Waals surface area (Å²) in [6.45, 7) is 4.72. The number of aromatic nitrogens is 3. The fourth-order valence-electron chi connectivity index (χ4n) is 1.88. The first kappa shape index (κ1) is 12.0. The van der Waals surface area contributed by atoms with Crippen molar-refractivity contribution in [2.45, 2.75) is 32.7 Å². The van der Waals surface area contributed by atoms with E-state index < -0.39 is 5.97 Å². The molecule has 6 nitrogen and oxygen atoms in total. The molecule has 0 aliphatic heterocycles. The Morgan fingerprint density at radius 1 is 1.65 bits per heavy atom. The molecule has 1 aromatic heterocycles. The van der Waals surface area contributed by atoms with Crippen molar-refractivity contribution in [2.75, 3.05) is 13.1 Å². The summed E-state index contributed by atoms with van der Waals surface area (Å²) in [5, 5.41) is 19.4. The summed E-state index contributed by atoms with van der Waals surface area (Å²) in [5.74, 6) is -1.04. The van der Waals surface area contributed by atoms with Crippen LogP contribution in [0.25, 0.3) is 0 Å². The Labute approximate surface area is 100 Å². The highest BCUT2D eigenvalue weighted by molar-refractivity contribution is 5.84. The van der Waals surface area contributed by atoms with E-state index in [0.29, 0.717) is 12.0 Å². The van der Waals surface area contributed by atoms with Gasteiger partial charge in [-0.3, -0.25) is 4.68 Å². The van der Waals surface area contributed by atoms with Crippen LogP contribution >= 0.6 is 0 Å². The van der Waals surface area contributed by atoms with Crippen molar-refractivity contribution < 1.29 is 9.90 Å². The minimum atomic E-state index is -1.04. The van der Waals surface area contributed by atoms with Crippen LogP contribution in [0.1, 0.15) is 36.7 Å². The van der Waals surface area contributed by atoms with Gasteiger partial charge in [0.05, 0.1) is 12.7 Å². The van der Waals surface area contributed by atoms with Gasteiger partial charge in [-0.2, -0.15) is 0 Å². The Hall–Kier alpha value is -1.43. The first-order chi connectivity index (χ1) is 8.15. The van der Waals surface area contributed by atoms with E-state index in [1.54, 1.807) is 4.68 Å². The molecule has 0 bridgehead atoms. The van der Waals surface area contributed by atoms with Crippen molar-refractivity contribution in [1.29, 1.82) is 0 Å². The number of aromatic carboxylic acids is 1. The van der Waals surface area contributed by atoms with Gasteiger partial charge in [-0.15, -0.1) is 5.10 Å².